The summed E-state index contributed by atoms with van der Waals surface area (Å²) in [6, 6.07) is 18.3. The van der Waals surface area contributed by atoms with E-state index in [9.17, 15) is 9.59 Å². The smallest absolute Gasteiger partial charge is 0.248 e. The summed E-state index contributed by atoms with van der Waals surface area (Å²) in [5.41, 5.74) is 5.03. The largest absolute Gasteiger partial charge is 0.496 e. The number of nitrogens with one attached hydrogen (secondary N) is 1. The third-order valence-corrected chi connectivity index (χ3v) is 5.60. The number of ketones is 1. The molecule has 6 nitrogen and oxygen atoms in total. The lowest BCUT2D eigenvalue weighted by Gasteiger charge is -2.11. The lowest BCUT2D eigenvalue weighted by atomic mass is 9.98. The van der Waals surface area contributed by atoms with Gasteiger partial charge in [0.15, 0.2) is 5.78 Å². The van der Waals surface area contributed by atoms with Gasteiger partial charge in [0.25, 0.3) is 0 Å². The van der Waals surface area contributed by atoms with Gasteiger partial charge in [0.05, 0.1) is 20.5 Å². The van der Waals surface area contributed by atoms with Crippen molar-refractivity contribution in [1.82, 2.24) is 0 Å². The van der Waals surface area contributed by atoms with E-state index >= 15 is 0 Å². The van der Waals surface area contributed by atoms with Crippen LogP contribution in [0.1, 0.15) is 29.8 Å². The summed E-state index contributed by atoms with van der Waals surface area (Å²) in [5, 5.41) is 3.69. The fraction of sp³-hybridized carbons (Fsp3) is 0.143. The molecule has 1 aromatic heterocycles. The number of hydrogen-bond donors (Lipinski definition) is 1. The number of anilines is 1. The number of allylic oxidation sites excluding steroid dienone is 1. The number of carbonyl (C=O) groups excluding carboxylic acids is 2. The molecule has 4 aromatic rings. The molecule has 1 heterocycles. The van der Waals surface area contributed by atoms with Crippen molar-refractivity contribution in [2.24, 2.45) is 0 Å². The second-order valence-electron chi connectivity index (χ2n) is 7.85. The lowest BCUT2D eigenvalue weighted by molar-refractivity contribution is -0.111. The molecule has 0 aliphatic carbocycles. The topological polar surface area (TPSA) is 77.8 Å². The van der Waals surface area contributed by atoms with Crippen molar-refractivity contribution < 1.29 is 23.5 Å². The summed E-state index contributed by atoms with van der Waals surface area (Å²) >= 11 is 0. The molecule has 0 atom stereocenters. The molecule has 0 saturated heterocycles. The van der Waals surface area contributed by atoms with Crippen LogP contribution in [0.2, 0.25) is 0 Å². The van der Waals surface area contributed by atoms with Crippen LogP contribution in [-0.2, 0) is 4.79 Å². The third-order valence-electron chi connectivity index (χ3n) is 5.60. The Morgan fingerprint density at radius 3 is 2.38 bits per heavy atom. The van der Waals surface area contributed by atoms with E-state index in [2.05, 4.69) is 5.32 Å². The Labute approximate surface area is 197 Å². The summed E-state index contributed by atoms with van der Waals surface area (Å²) in [6.07, 6.45) is 3.20. The number of benzene rings is 3. The summed E-state index contributed by atoms with van der Waals surface area (Å²) in [6.45, 7) is 3.33. The van der Waals surface area contributed by atoms with Crippen molar-refractivity contribution in [3.63, 3.8) is 0 Å². The minimum absolute atomic E-state index is 0.0631. The van der Waals surface area contributed by atoms with Crippen LogP contribution >= 0.6 is 0 Å². The molecule has 34 heavy (non-hydrogen) atoms. The van der Waals surface area contributed by atoms with Gasteiger partial charge < -0.3 is 19.2 Å². The van der Waals surface area contributed by atoms with Gasteiger partial charge in [-0.3, -0.25) is 9.59 Å². The van der Waals surface area contributed by atoms with Gasteiger partial charge in [-0.05, 0) is 43.7 Å². The Balaban J connectivity index is 1.71. The Hall–Kier alpha value is -4.32. The molecular weight excluding hydrogens is 430 g/mol. The molecule has 1 N–H and O–H groups in total. The van der Waals surface area contributed by atoms with Crippen LogP contribution < -0.4 is 14.8 Å². The van der Waals surface area contributed by atoms with Gasteiger partial charge in [0.2, 0.25) is 5.91 Å². The molecule has 0 aliphatic heterocycles. The van der Waals surface area contributed by atoms with Crippen LogP contribution in [0, 0.1) is 0 Å². The molecule has 0 bridgehead atoms. The van der Waals surface area contributed by atoms with E-state index in [4.69, 9.17) is 13.9 Å². The fourth-order valence-corrected chi connectivity index (χ4v) is 3.88. The summed E-state index contributed by atoms with van der Waals surface area (Å²) in [4.78, 5) is 24.3. The fourth-order valence-electron chi connectivity index (χ4n) is 3.88. The predicted octanol–water partition coefficient (Wildman–Crippen LogP) is 6.36. The highest BCUT2D eigenvalue weighted by Gasteiger charge is 2.17. The van der Waals surface area contributed by atoms with Gasteiger partial charge in [-0.15, -0.1) is 0 Å². The molecule has 0 unspecified atom stereocenters. The summed E-state index contributed by atoms with van der Waals surface area (Å²) in [7, 11) is 3.21. The first-order valence-corrected chi connectivity index (χ1v) is 10.7. The number of rotatable bonds is 7. The van der Waals surface area contributed by atoms with Crippen LogP contribution in [0.5, 0.6) is 11.5 Å². The Morgan fingerprint density at radius 2 is 1.65 bits per heavy atom. The monoisotopic (exact) mass is 455 g/mol. The minimum atomic E-state index is -0.308. The summed E-state index contributed by atoms with van der Waals surface area (Å²) in [5.74, 6) is 0.958. The van der Waals surface area contributed by atoms with Crippen LogP contribution in [0.25, 0.3) is 27.7 Å². The number of Topliss-reactive ketones (excluding diaryl/α,β-unsaturated/α-hetero) is 1. The van der Waals surface area contributed by atoms with E-state index in [0.29, 0.717) is 28.2 Å². The van der Waals surface area contributed by atoms with E-state index in [0.717, 1.165) is 27.8 Å². The zero-order valence-corrected chi connectivity index (χ0v) is 19.5. The second kappa shape index (κ2) is 9.67. The van der Waals surface area contributed by atoms with Crippen LogP contribution in [0.15, 0.2) is 77.4 Å². The standard InChI is InChI=1S/C28H25NO5/c1-17(12-28(31)29-20-9-7-8-19(13-20)18(2)30)22-14-23-24(16-34-27(23)15-26(22)33-4)21-10-5-6-11-25(21)32-3/h5-16H,1-4H3,(H,29,31)/b17-12+. The molecule has 0 aliphatic rings. The lowest BCUT2D eigenvalue weighted by Crippen LogP contribution is -2.09. The average molecular weight is 456 g/mol. The van der Waals surface area contributed by atoms with Crippen molar-refractivity contribution >= 4 is 33.9 Å². The molecular formula is C28H25NO5. The normalized spacial score (nSPS) is 11.4. The van der Waals surface area contributed by atoms with Crippen LogP contribution in [-0.4, -0.2) is 25.9 Å². The number of amides is 1. The SMILES string of the molecule is COc1cc2occ(-c3ccccc3OC)c2cc1/C(C)=C/C(=O)Nc1cccc(C(C)=O)c1. The quantitative estimate of drug-likeness (QED) is 0.259. The van der Waals surface area contributed by atoms with Crippen molar-refractivity contribution in [3.8, 4) is 22.6 Å². The number of fused-ring (bicyclic) bond motifs is 1. The van der Waals surface area contributed by atoms with Crippen molar-refractivity contribution in [2.75, 3.05) is 19.5 Å². The Morgan fingerprint density at radius 1 is 0.882 bits per heavy atom. The number of hydrogen-bond acceptors (Lipinski definition) is 5. The maximum atomic E-state index is 12.7. The van der Waals surface area contributed by atoms with Crippen molar-refractivity contribution in [2.45, 2.75) is 13.8 Å². The zero-order chi connectivity index (χ0) is 24.2. The van der Waals surface area contributed by atoms with Gasteiger partial charge in [0, 0.05) is 45.5 Å². The first kappa shape index (κ1) is 22.9. The van der Waals surface area contributed by atoms with Crippen molar-refractivity contribution in [1.29, 1.82) is 0 Å². The Kier molecular flexibility index (Phi) is 6.50. The van der Waals surface area contributed by atoms with E-state index in [-0.39, 0.29) is 11.7 Å². The maximum Gasteiger partial charge on any atom is 0.248 e. The first-order chi connectivity index (χ1) is 16.4. The van der Waals surface area contributed by atoms with E-state index in [1.807, 2.05) is 43.3 Å². The molecule has 0 spiro atoms. The highest BCUT2D eigenvalue weighted by Crippen LogP contribution is 2.40. The van der Waals surface area contributed by atoms with E-state index in [1.54, 1.807) is 44.7 Å². The number of methoxy groups -OCH3 is 2. The third kappa shape index (κ3) is 4.57. The molecule has 0 radical (unpaired) electrons. The van der Waals surface area contributed by atoms with E-state index in [1.165, 1.54) is 13.0 Å². The highest BCUT2D eigenvalue weighted by molar-refractivity contribution is 6.06. The van der Waals surface area contributed by atoms with E-state index < -0.39 is 0 Å². The number of furan rings is 1. The molecule has 1 amide bonds. The van der Waals surface area contributed by atoms with Gasteiger partial charge in [-0.1, -0.05) is 30.3 Å². The molecule has 4 rings (SSSR count). The van der Waals surface area contributed by atoms with Gasteiger partial charge >= 0.3 is 0 Å². The van der Waals surface area contributed by atoms with Crippen molar-refractivity contribution in [3.05, 3.63) is 84.1 Å². The average Bonchev–Trinajstić information content (AvgIpc) is 3.25. The number of carbonyl (C=O) groups is 2. The van der Waals surface area contributed by atoms with Gasteiger partial charge in [-0.25, -0.2) is 0 Å². The zero-order valence-electron chi connectivity index (χ0n) is 19.5. The molecule has 3 aromatic carbocycles. The van der Waals surface area contributed by atoms with Crippen LogP contribution in [0.4, 0.5) is 5.69 Å². The Bertz CT molecular complexity index is 1410. The molecule has 6 heteroatoms. The first-order valence-electron chi connectivity index (χ1n) is 10.7. The van der Waals surface area contributed by atoms with Gasteiger partial charge in [-0.2, -0.15) is 0 Å². The number of para-hydroxylation sites is 1. The molecule has 0 fully saturated rings. The highest BCUT2D eigenvalue weighted by atomic mass is 16.5. The number of ether oxygens (including phenoxy) is 2. The van der Waals surface area contributed by atoms with Gasteiger partial charge in [0.1, 0.15) is 17.1 Å². The summed E-state index contributed by atoms with van der Waals surface area (Å²) < 4.78 is 16.9. The molecule has 0 saturated carbocycles. The molecule has 172 valence electrons. The second-order valence-corrected chi connectivity index (χ2v) is 7.85. The van der Waals surface area contributed by atoms with Crippen LogP contribution in [0.3, 0.4) is 0 Å². The minimum Gasteiger partial charge on any atom is -0.496 e. The maximum absolute atomic E-state index is 12.7. The predicted molar refractivity (Wildman–Crippen MR) is 133 cm³/mol.